The summed E-state index contributed by atoms with van der Waals surface area (Å²) in [5, 5.41) is 5.78. The molecule has 2 amide bonds. The van der Waals surface area contributed by atoms with Gasteiger partial charge in [0, 0.05) is 23.0 Å². The Bertz CT molecular complexity index is 1120. The standard InChI is InChI=1S/C28H31ClN2O3/c1-20(28(33)30-24-10-3-2-4-11-24)31(18-21-14-16-23(29)17-15-21)27(32)19-34-26-13-7-9-22-8-5-6-12-25(22)26/h5-9,12-17,20,24H,2-4,10-11,18-19H2,1H3,(H,30,33)/t20-/m0/s1. The Morgan fingerprint density at radius 3 is 2.47 bits per heavy atom. The van der Waals surface area contributed by atoms with E-state index in [0.717, 1.165) is 42.0 Å². The molecule has 0 unspecified atom stereocenters. The number of hydrogen-bond acceptors (Lipinski definition) is 3. The van der Waals surface area contributed by atoms with Crippen molar-refractivity contribution >= 4 is 34.2 Å². The van der Waals surface area contributed by atoms with Crippen LogP contribution in [0.1, 0.15) is 44.6 Å². The van der Waals surface area contributed by atoms with Crippen LogP contribution < -0.4 is 10.1 Å². The first kappa shape index (κ1) is 24.1. The van der Waals surface area contributed by atoms with Crippen LogP contribution in [0.5, 0.6) is 5.75 Å². The Morgan fingerprint density at radius 2 is 1.71 bits per heavy atom. The summed E-state index contributed by atoms with van der Waals surface area (Å²) >= 11 is 6.03. The molecule has 1 N–H and O–H groups in total. The first-order valence-corrected chi connectivity index (χ1v) is 12.3. The van der Waals surface area contributed by atoms with Gasteiger partial charge < -0.3 is 15.0 Å². The number of ether oxygens (including phenoxy) is 1. The van der Waals surface area contributed by atoms with Gasteiger partial charge in [-0.3, -0.25) is 9.59 Å². The predicted octanol–water partition coefficient (Wildman–Crippen LogP) is 5.74. The molecule has 3 aromatic carbocycles. The van der Waals surface area contributed by atoms with E-state index in [1.54, 1.807) is 24.0 Å². The van der Waals surface area contributed by atoms with Crippen molar-refractivity contribution in [1.82, 2.24) is 10.2 Å². The van der Waals surface area contributed by atoms with Gasteiger partial charge in [0.1, 0.15) is 11.8 Å². The average molecular weight is 479 g/mol. The number of benzene rings is 3. The number of nitrogens with zero attached hydrogens (tertiary/aromatic N) is 1. The molecule has 5 nitrogen and oxygen atoms in total. The lowest BCUT2D eigenvalue weighted by Crippen LogP contribution is -2.51. The van der Waals surface area contributed by atoms with Crippen molar-refractivity contribution in [2.75, 3.05) is 6.61 Å². The molecule has 1 aliphatic rings. The van der Waals surface area contributed by atoms with Crippen LogP contribution in [0.25, 0.3) is 10.8 Å². The maximum atomic E-state index is 13.4. The second kappa shape index (κ2) is 11.4. The fraction of sp³-hybridized carbons (Fsp3) is 0.357. The normalized spacial score (nSPS) is 15.0. The summed E-state index contributed by atoms with van der Waals surface area (Å²) in [7, 11) is 0. The lowest BCUT2D eigenvalue weighted by Gasteiger charge is -2.31. The number of hydrogen-bond donors (Lipinski definition) is 1. The molecule has 0 bridgehead atoms. The quantitative estimate of drug-likeness (QED) is 0.449. The molecule has 0 aromatic heterocycles. The molecule has 1 saturated carbocycles. The molecule has 178 valence electrons. The zero-order chi connectivity index (χ0) is 23.9. The predicted molar refractivity (Wildman–Crippen MR) is 136 cm³/mol. The van der Waals surface area contributed by atoms with Gasteiger partial charge in [-0.25, -0.2) is 0 Å². The maximum Gasteiger partial charge on any atom is 0.261 e. The van der Waals surface area contributed by atoms with E-state index in [2.05, 4.69) is 5.32 Å². The van der Waals surface area contributed by atoms with E-state index in [0.29, 0.717) is 17.3 Å². The summed E-state index contributed by atoms with van der Waals surface area (Å²) in [5.41, 5.74) is 0.903. The van der Waals surface area contributed by atoms with Gasteiger partial charge in [-0.15, -0.1) is 0 Å². The first-order chi connectivity index (χ1) is 16.5. The Kier molecular flexibility index (Phi) is 8.07. The third kappa shape index (κ3) is 6.09. The Hall–Kier alpha value is -3.05. The van der Waals surface area contributed by atoms with E-state index in [1.165, 1.54) is 6.42 Å². The highest BCUT2D eigenvalue weighted by molar-refractivity contribution is 6.30. The van der Waals surface area contributed by atoms with Gasteiger partial charge in [0.15, 0.2) is 6.61 Å². The molecule has 3 aromatic rings. The lowest BCUT2D eigenvalue weighted by molar-refractivity contribution is -0.142. The number of amides is 2. The minimum atomic E-state index is -0.624. The maximum absolute atomic E-state index is 13.4. The van der Waals surface area contributed by atoms with Crippen molar-refractivity contribution in [3.8, 4) is 5.75 Å². The number of nitrogens with one attached hydrogen (secondary N) is 1. The lowest BCUT2D eigenvalue weighted by atomic mass is 9.95. The number of carbonyl (C=O) groups excluding carboxylic acids is 2. The monoisotopic (exact) mass is 478 g/mol. The Balaban J connectivity index is 1.49. The van der Waals surface area contributed by atoms with Gasteiger partial charge in [0.05, 0.1) is 0 Å². The molecular weight excluding hydrogens is 448 g/mol. The largest absolute Gasteiger partial charge is 0.483 e. The third-order valence-electron chi connectivity index (χ3n) is 6.49. The average Bonchev–Trinajstić information content (AvgIpc) is 2.87. The highest BCUT2D eigenvalue weighted by atomic mass is 35.5. The molecular formula is C28H31ClN2O3. The van der Waals surface area contributed by atoms with E-state index in [9.17, 15) is 9.59 Å². The fourth-order valence-corrected chi connectivity index (χ4v) is 4.61. The minimum Gasteiger partial charge on any atom is -0.483 e. The topological polar surface area (TPSA) is 58.6 Å². The molecule has 0 saturated heterocycles. The highest BCUT2D eigenvalue weighted by Crippen LogP contribution is 2.25. The molecule has 0 heterocycles. The van der Waals surface area contributed by atoms with Gasteiger partial charge in [-0.05, 0) is 48.9 Å². The summed E-state index contributed by atoms with van der Waals surface area (Å²) in [5.74, 6) is 0.283. The molecule has 0 spiro atoms. The van der Waals surface area contributed by atoms with Crippen LogP contribution in [0, 0.1) is 0 Å². The smallest absolute Gasteiger partial charge is 0.261 e. The summed E-state index contributed by atoms with van der Waals surface area (Å²) in [6, 6.07) is 20.6. The summed E-state index contributed by atoms with van der Waals surface area (Å²) < 4.78 is 5.95. The Morgan fingerprint density at radius 1 is 1.00 bits per heavy atom. The van der Waals surface area contributed by atoms with Crippen LogP contribution in [-0.4, -0.2) is 35.4 Å². The number of halogens is 1. The van der Waals surface area contributed by atoms with Gasteiger partial charge in [-0.2, -0.15) is 0 Å². The van der Waals surface area contributed by atoms with Crippen LogP contribution in [0.15, 0.2) is 66.7 Å². The van der Waals surface area contributed by atoms with Crippen molar-refractivity contribution in [3.05, 3.63) is 77.3 Å². The van der Waals surface area contributed by atoms with Gasteiger partial charge in [-0.1, -0.05) is 79.4 Å². The number of carbonyl (C=O) groups is 2. The third-order valence-corrected chi connectivity index (χ3v) is 6.74. The molecule has 0 radical (unpaired) electrons. The SMILES string of the molecule is C[C@@H](C(=O)NC1CCCCC1)N(Cc1ccc(Cl)cc1)C(=O)COc1cccc2ccccc12. The molecule has 1 fully saturated rings. The van der Waals surface area contributed by atoms with Gasteiger partial charge in [0.25, 0.3) is 5.91 Å². The minimum absolute atomic E-state index is 0.126. The van der Waals surface area contributed by atoms with E-state index in [-0.39, 0.29) is 24.5 Å². The van der Waals surface area contributed by atoms with Crippen molar-refractivity contribution in [1.29, 1.82) is 0 Å². The molecule has 1 atom stereocenters. The van der Waals surface area contributed by atoms with E-state index >= 15 is 0 Å². The van der Waals surface area contributed by atoms with Crippen LogP contribution in [0.2, 0.25) is 5.02 Å². The van der Waals surface area contributed by atoms with Crippen molar-refractivity contribution in [2.24, 2.45) is 0 Å². The second-order valence-electron chi connectivity index (χ2n) is 8.93. The zero-order valence-electron chi connectivity index (χ0n) is 19.5. The van der Waals surface area contributed by atoms with Crippen LogP contribution in [-0.2, 0) is 16.1 Å². The summed E-state index contributed by atoms with van der Waals surface area (Å²) in [6.07, 6.45) is 5.47. The Labute approximate surface area is 206 Å². The summed E-state index contributed by atoms with van der Waals surface area (Å²) in [6.45, 7) is 1.93. The van der Waals surface area contributed by atoms with Crippen LogP contribution in [0.4, 0.5) is 0 Å². The molecule has 0 aliphatic heterocycles. The second-order valence-corrected chi connectivity index (χ2v) is 9.37. The van der Waals surface area contributed by atoms with E-state index in [4.69, 9.17) is 16.3 Å². The molecule has 1 aliphatic carbocycles. The van der Waals surface area contributed by atoms with Crippen LogP contribution >= 0.6 is 11.6 Å². The molecule has 34 heavy (non-hydrogen) atoms. The molecule has 6 heteroatoms. The van der Waals surface area contributed by atoms with Gasteiger partial charge in [0.2, 0.25) is 5.91 Å². The number of fused-ring (bicyclic) bond motifs is 1. The van der Waals surface area contributed by atoms with Crippen molar-refractivity contribution in [2.45, 2.75) is 57.7 Å². The van der Waals surface area contributed by atoms with Gasteiger partial charge >= 0.3 is 0 Å². The van der Waals surface area contributed by atoms with Crippen molar-refractivity contribution in [3.63, 3.8) is 0 Å². The summed E-state index contributed by atoms with van der Waals surface area (Å²) in [4.78, 5) is 28.0. The number of rotatable bonds is 8. The highest BCUT2D eigenvalue weighted by Gasteiger charge is 2.28. The fourth-order valence-electron chi connectivity index (χ4n) is 4.48. The first-order valence-electron chi connectivity index (χ1n) is 12.0. The van der Waals surface area contributed by atoms with Crippen LogP contribution in [0.3, 0.4) is 0 Å². The molecule has 4 rings (SSSR count). The van der Waals surface area contributed by atoms with Crippen molar-refractivity contribution < 1.29 is 14.3 Å². The van der Waals surface area contributed by atoms with E-state index in [1.807, 2.05) is 54.6 Å². The van der Waals surface area contributed by atoms with E-state index < -0.39 is 6.04 Å². The zero-order valence-corrected chi connectivity index (χ0v) is 20.3.